The number of hydrogen-bond acceptors (Lipinski definition) is 3. The van der Waals surface area contributed by atoms with Crippen LogP contribution >= 0.6 is 22.6 Å². The largest absolute Gasteiger partial charge is 0.457 e. The van der Waals surface area contributed by atoms with E-state index >= 15 is 0 Å². The molecule has 2 rings (SSSR count). The Morgan fingerprint density at radius 3 is 2.25 bits per heavy atom. The number of esters is 1. The van der Waals surface area contributed by atoms with Gasteiger partial charge in [0.25, 0.3) is 4.92 Å². The Morgan fingerprint density at radius 2 is 1.70 bits per heavy atom. The van der Waals surface area contributed by atoms with Crippen molar-refractivity contribution in [1.82, 2.24) is 0 Å². The second kappa shape index (κ2) is 6.47. The lowest BCUT2D eigenvalue weighted by atomic mass is 10.2. The molecule has 0 aliphatic heterocycles. The lowest BCUT2D eigenvalue weighted by Crippen LogP contribution is -2.05. The predicted molar refractivity (Wildman–Crippen MR) is 79.8 cm³/mol. The Labute approximate surface area is 128 Å². The molecular weight excluding hydrogens is 373 g/mol. The topological polar surface area (TPSA) is 66.6 Å². The second-order valence-electron chi connectivity index (χ2n) is 4.02. The van der Waals surface area contributed by atoms with Gasteiger partial charge in [0.05, 0.1) is 10.5 Å². The molecule has 1 N–H and O–H groups in total. The first kappa shape index (κ1) is 14.4. The van der Waals surface area contributed by atoms with E-state index in [0.717, 1.165) is 9.13 Å². The molecule has 0 amide bonds. The lowest BCUT2D eigenvalue weighted by Gasteiger charge is -2.04. The van der Waals surface area contributed by atoms with Crippen LogP contribution in [0.4, 0.5) is 5.69 Å². The molecule has 0 saturated carbocycles. The molecule has 102 valence electrons. The smallest absolute Gasteiger partial charge is 0.338 e. The maximum absolute atomic E-state index is 11.8. The van der Waals surface area contributed by atoms with E-state index in [-0.39, 0.29) is 17.2 Å². The van der Waals surface area contributed by atoms with Gasteiger partial charge in [0, 0.05) is 15.7 Å². The highest BCUT2D eigenvalue weighted by atomic mass is 127. The van der Waals surface area contributed by atoms with Gasteiger partial charge in [-0.25, -0.2) is 10.0 Å². The van der Waals surface area contributed by atoms with E-state index in [1.54, 1.807) is 0 Å². The summed E-state index contributed by atoms with van der Waals surface area (Å²) in [5.74, 6) is -0.481. The van der Waals surface area contributed by atoms with Crippen molar-refractivity contribution >= 4 is 34.2 Å². The summed E-state index contributed by atoms with van der Waals surface area (Å²) in [6, 6.07) is 13.2. The third kappa shape index (κ3) is 3.77. The molecule has 2 aromatic carbocycles. The van der Waals surface area contributed by atoms with Crippen molar-refractivity contribution in [2.45, 2.75) is 6.61 Å². The minimum absolute atomic E-state index is 0.0548. The number of ether oxygens (including phenoxy) is 1. The van der Waals surface area contributed by atoms with Crippen LogP contribution < -0.4 is 0 Å². The Balaban J connectivity index is 1.97. The monoisotopic (exact) mass is 384 g/mol. The molecule has 0 fully saturated rings. The predicted octanol–water partition coefficient (Wildman–Crippen LogP) is 3.45. The summed E-state index contributed by atoms with van der Waals surface area (Å²) in [7, 11) is 0. The molecule has 0 heterocycles. The van der Waals surface area contributed by atoms with Crippen molar-refractivity contribution in [3.05, 3.63) is 68.1 Å². The average Bonchev–Trinajstić information content (AvgIpc) is 2.46. The minimum atomic E-state index is -0.481. The quantitative estimate of drug-likeness (QED) is 0.498. The van der Waals surface area contributed by atoms with Gasteiger partial charge in [0.2, 0.25) is 0 Å². The zero-order valence-corrected chi connectivity index (χ0v) is 12.5. The maximum Gasteiger partial charge on any atom is 0.338 e. The third-order valence-electron chi connectivity index (χ3n) is 2.61. The molecule has 0 atom stereocenters. The van der Waals surface area contributed by atoms with Gasteiger partial charge in [-0.1, -0.05) is 12.1 Å². The molecule has 5 nitrogen and oxygen atoms in total. The van der Waals surface area contributed by atoms with Crippen LogP contribution in [0.5, 0.6) is 0 Å². The lowest BCUT2D eigenvalue weighted by molar-refractivity contribution is -0.729. The average molecular weight is 384 g/mol. The van der Waals surface area contributed by atoms with E-state index in [0.29, 0.717) is 5.56 Å². The van der Waals surface area contributed by atoms with Gasteiger partial charge >= 0.3 is 11.7 Å². The Hall–Kier alpha value is -1.96. The van der Waals surface area contributed by atoms with Crippen molar-refractivity contribution in [2.24, 2.45) is 0 Å². The summed E-state index contributed by atoms with van der Waals surface area (Å²) in [5.41, 5.74) is 1.27. The van der Waals surface area contributed by atoms with Crippen LogP contribution in [0.15, 0.2) is 48.5 Å². The number of carbonyl (C=O) groups excluding carboxylic acids is 1. The van der Waals surface area contributed by atoms with Gasteiger partial charge in [-0.15, -0.1) is 0 Å². The fraction of sp³-hybridized carbons (Fsp3) is 0.0714. The molecule has 0 saturated heterocycles. The van der Waals surface area contributed by atoms with Crippen LogP contribution in [-0.2, 0) is 11.3 Å². The van der Waals surface area contributed by atoms with Crippen molar-refractivity contribution in [3.63, 3.8) is 0 Å². The van der Waals surface area contributed by atoms with Crippen LogP contribution in [0, 0.1) is 8.48 Å². The second-order valence-corrected chi connectivity index (χ2v) is 5.27. The Kier molecular flexibility index (Phi) is 4.67. The fourth-order valence-corrected chi connectivity index (χ4v) is 1.90. The van der Waals surface area contributed by atoms with Crippen LogP contribution in [0.2, 0.25) is 0 Å². The van der Waals surface area contributed by atoms with E-state index in [1.807, 2.05) is 24.3 Å². The minimum Gasteiger partial charge on any atom is -0.457 e. The zero-order chi connectivity index (χ0) is 14.5. The molecule has 6 heteroatoms. The van der Waals surface area contributed by atoms with Crippen LogP contribution in [0.25, 0.3) is 0 Å². The maximum atomic E-state index is 11.8. The summed E-state index contributed by atoms with van der Waals surface area (Å²) < 4.78 is 6.27. The SMILES string of the molecule is O=C(OCc1ccc(I)cc1)c1ccc([N+](=O)O)cc1. The van der Waals surface area contributed by atoms with Gasteiger partial charge in [-0.3, -0.25) is 0 Å². The van der Waals surface area contributed by atoms with E-state index in [1.165, 1.54) is 24.3 Å². The number of carbonyl (C=O) groups is 1. The molecule has 2 aromatic rings. The van der Waals surface area contributed by atoms with Gasteiger partial charge in [0.1, 0.15) is 6.61 Å². The van der Waals surface area contributed by atoms with Crippen LogP contribution in [0.3, 0.4) is 0 Å². The molecule has 20 heavy (non-hydrogen) atoms. The van der Waals surface area contributed by atoms with E-state index in [4.69, 9.17) is 9.94 Å². The van der Waals surface area contributed by atoms with Gasteiger partial charge < -0.3 is 4.74 Å². The Morgan fingerprint density at radius 1 is 1.10 bits per heavy atom. The summed E-state index contributed by atoms with van der Waals surface area (Å²) in [6.07, 6.45) is 0. The van der Waals surface area contributed by atoms with E-state index < -0.39 is 5.97 Å². The number of nitrogens with zero attached hydrogens (tertiary/aromatic N) is 1. The van der Waals surface area contributed by atoms with Crippen molar-refractivity contribution < 1.29 is 19.7 Å². The van der Waals surface area contributed by atoms with Crippen molar-refractivity contribution in [1.29, 1.82) is 0 Å². The number of hydrogen-bond donors (Lipinski definition) is 1. The number of rotatable bonds is 4. The summed E-state index contributed by atoms with van der Waals surface area (Å²) in [6.45, 7) is 0.186. The first-order valence-electron chi connectivity index (χ1n) is 5.74. The molecule has 0 radical (unpaired) electrons. The number of halogens is 1. The third-order valence-corrected chi connectivity index (χ3v) is 3.33. The molecule has 0 unspecified atom stereocenters. The molecule has 0 bridgehead atoms. The molecule has 0 aliphatic rings. The highest BCUT2D eigenvalue weighted by molar-refractivity contribution is 14.1. The van der Waals surface area contributed by atoms with Gasteiger partial charge in [-0.2, -0.15) is 0 Å². The number of benzene rings is 2. The normalized spacial score (nSPS) is 10.1. The first-order chi connectivity index (χ1) is 9.56. The van der Waals surface area contributed by atoms with Crippen LogP contribution in [-0.4, -0.2) is 16.1 Å². The van der Waals surface area contributed by atoms with Crippen LogP contribution in [0.1, 0.15) is 15.9 Å². The summed E-state index contributed by atoms with van der Waals surface area (Å²) in [5, 5.41) is 8.69. The highest BCUT2D eigenvalue weighted by Crippen LogP contribution is 2.13. The summed E-state index contributed by atoms with van der Waals surface area (Å²) in [4.78, 5) is 22.1. The van der Waals surface area contributed by atoms with E-state index in [2.05, 4.69) is 22.6 Å². The molecular formula is C14H11INO4+. The Bertz CT molecular complexity index is 623. The van der Waals surface area contributed by atoms with Gasteiger partial charge in [-0.05, 0) is 52.4 Å². The highest BCUT2D eigenvalue weighted by Gasteiger charge is 2.13. The standard InChI is InChI=1S/C14H11INO4/c15-12-5-1-10(2-6-12)9-20-14(17)11-3-7-13(8-4-11)16(18)19/h1-8H,9H2,(H,18,19)/q+1. The first-order valence-corrected chi connectivity index (χ1v) is 6.82. The summed E-state index contributed by atoms with van der Waals surface area (Å²) >= 11 is 2.20. The van der Waals surface area contributed by atoms with Crippen molar-refractivity contribution in [3.8, 4) is 0 Å². The van der Waals surface area contributed by atoms with E-state index in [9.17, 15) is 9.70 Å². The molecule has 0 aromatic heterocycles. The van der Waals surface area contributed by atoms with Crippen molar-refractivity contribution in [2.75, 3.05) is 0 Å². The van der Waals surface area contributed by atoms with Gasteiger partial charge in [0.15, 0.2) is 0 Å². The fourth-order valence-electron chi connectivity index (χ4n) is 1.54. The zero-order valence-electron chi connectivity index (χ0n) is 10.3. The molecule has 0 aliphatic carbocycles. The molecule has 0 spiro atoms.